The molecular formula is C31H32N4O3S. The Labute approximate surface area is 232 Å². The summed E-state index contributed by atoms with van der Waals surface area (Å²) in [7, 11) is 0. The molecule has 8 heteroatoms. The summed E-state index contributed by atoms with van der Waals surface area (Å²) in [6.45, 7) is 5.43. The van der Waals surface area contributed by atoms with Crippen LogP contribution in [0.3, 0.4) is 0 Å². The molecule has 0 fully saturated rings. The smallest absolute Gasteiger partial charge is 0.270 e. The molecule has 0 aliphatic carbocycles. The normalized spacial score (nSPS) is 14.5. The van der Waals surface area contributed by atoms with Crippen molar-refractivity contribution in [1.82, 2.24) is 20.2 Å². The lowest BCUT2D eigenvalue weighted by molar-refractivity contribution is -0.132. The van der Waals surface area contributed by atoms with E-state index in [9.17, 15) is 9.59 Å². The molecule has 1 N–H and O–H groups in total. The summed E-state index contributed by atoms with van der Waals surface area (Å²) in [6.07, 6.45) is 3.69. The molecule has 2 aromatic heterocycles. The summed E-state index contributed by atoms with van der Waals surface area (Å²) in [5.41, 5.74) is 5.92. The first-order chi connectivity index (χ1) is 19.0. The van der Waals surface area contributed by atoms with E-state index in [4.69, 9.17) is 4.74 Å². The van der Waals surface area contributed by atoms with Gasteiger partial charge in [0, 0.05) is 43.2 Å². The summed E-state index contributed by atoms with van der Waals surface area (Å²) < 4.78 is 6.12. The van der Waals surface area contributed by atoms with Crippen molar-refractivity contribution in [3.63, 3.8) is 0 Å². The summed E-state index contributed by atoms with van der Waals surface area (Å²) in [6, 6.07) is 20.1. The molecule has 2 aromatic carbocycles. The van der Waals surface area contributed by atoms with Crippen molar-refractivity contribution in [2.24, 2.45) is 0 Å². The molecule has 0 unspecified atom stereocenters. The van der Waals surface area contributed by atoms with Gasteiger partial charge in [-0.25, -0.2) is 4.98 Å². The number of carbonyl (C=O) groups is 2. The van der Waals surface area contributed by atoms with Crippen molar-refractivity contribution >= 4 is 23.2 Å². The second-order valence-corrected chi connectivity index (χ2v) is 10.5. The monoisotopic (exact) mass is 540 g/mol. The number of rotatable bonds is 9. The number of fused-ring (bicyclic) bond motifs is 1. The van der Waals surface area contributed by atoms with Gasteiger partial charge in [-0.05, 0) is 54.3 Å². The lowest BCUT2D eigenvalue weighted by Gasteiger charge is -2.38. The van der Waals surface area contributed by atoms with Gasteiger partial charge in [0.05, 0.1) is 6.04 Å². The number of nitrogens with zero attached hydrogens (tertiary/aromatic N) is 3. The molecule has 200 valence electrons. The van der Waals surface area contributed by atoms with Crippen LogP contribution in [0.25, 0.3) is 0 Å². The van der Waals surface area contributed by atoms with Gasteiger partial charge in [-0.2, -0.15) is 0 Å². The predicted molar refractivity (Wildman–Crippen MR) is 152 cm³/mol. The Morgan fingerprint density at radius 1 is 1.13 bits per heavy atom. The number of thiazole rings is 1. The molecule has 1 aliphatic heterocycles. The SMILES string of the molecule is CCC(=O)N1CCc2ccc(OCc3nc(C(=O)NCCc4ccccn4)cs3)cc2[C@@H]1c1ccc(C)cc1. The summed E-state index contributed by atoms with van der Waals surface area (Å²) >= 11 is 1.40. The molecule has 0 bridgehead atoms. The Kier molecular flexibility index (Phi) is 8.32. The Hall–Kier alpha value is -4.04. The van der Waals surface area contributed by atoms with Crippen LogP contribution >= 0.6 is 11.3 Å². The molecule has 1 aliphatic rings. The molecule has 2 amide bonds. The number of hydrogen-bond acceptors (Lipinski definition) is 6. The van der Waals surface area contributed by atoms with Gasteiger partial charge in [0.25, 0.3) is 5.91 Å². The molecule has 0 spiro atoms. The topological polar surface area (TPSA) is 84.4 Å². The molecule has 3 heterocycles. The van der Waals surface area contributed by atoms with Crippen LogP contribution in [0.4, 0.5) is 0 Å². The molecule has 4 aromatic rings. The van der Waals surface area contributed by atoms with Crippen molar-refractivity contribution in [2.75, 3.05) is 13.1 Å². The quantitative estimate of drug-likeness (QED) is 0.312. The first-order valence-electron chi connectivity index (χ1n) is 13.3. The first-order valence-corrected chi connectivity index (χ1v) is 14.1. The largest absolute Gasteiger partial charge is 0.486 e. The molecule has 0 saturated heterocycles. The van der Waals surface area contributed by atoms with E-state index in [0.717, 1.165) is 28.2 Å². The lowest BCUT2D eigenvalue weighted by Crippen LogP contribution is -2.40. The van der Waals surface area contributed by atoms with Gasteiger partial charge >= 0.3 is 0 Å². The van der Waals surface area contributed by atoms with Crippen LogP contribution in [0.1, 0.15) is 62.8 Å². The zero-order valence-corrected chi connectivity index (χ0v) is 23.0. The number of nitrogens with one attached hydrogen (secondary N) is 1. The van der Waals surface area contributed by atoms with Gasteiger partial charge in [0.15, 0.2) is 0 Å². The van der Waals surface area contributed by atoms with E-state index < -0.39 is 0 Å². The number of hydrogen-bond donors (Lipinski definition) is 1. The van der Waals surface area contributed by atoms with E-state index in [1.54, 1.807) is 11.6 Å². The molecule has 39 heavy (non-hydrogen) atoms. The fourth-order valence-corrected chi connectivity index (χ4v) is 5.52. The summed E-state index contributed by atoms with van der Waals surface area (Å²) in [5, 5.41) is 5.38. The molecule has 7 nitrogen and oxygen atoms in total. The third-order valence-corrected chi connectivity index (χ3v) is 7.72. The van der Waals surface area contributed by atoms with Crippen molar-refractivity contribution in [3.05, 3.63) is 111 Å². The van der Waals surface area contributed by atoms with Gasteiger partial charge in [-0.3, -0.25) is 14.6 Å². The fraction of sp³-hybridized carbons (Fsp3) is 0.290. The van der Waals surface area contributed by atoms with E-state index >= 15 is 0 Å². The highest BCUT2D eigenvalue weighted by atomic mass is 32.1. The highest BCUT2D eigenvalue weighted by Crippen LogP contribution is 2.37. The van der Waals surface area contributed by atoms with E-state index in [0.29, 0.717) is 37.4 Å². The molecule has 1 atom stereocenters. The molecule has 5 rings (SSSR count). The first kappa shape index (κ1) is 26.6. The van der Waals surface area contributed by atoms with Crippen molar-refractivity contribution in [2.45, 2.75) is 45.8 Å². The third-order valence-electron chi connectivity index (χ3n) is 6.90. The summed E-state index contributed by atoms with van der Waals surface area (Å²) in [4.78, 5) is 36.1. The van der Waals surface area contributed by atoms with Gasteiger partial charge in [-0.1, -0.05) is 48.9 Å². The minimum atomic E-state index is -0.205. The lowest BCUT2D eigenvalue weighted by atomic mass is 9.87. The number of aryl methyl sites for hydroxylation is 1. The summed E-state index contributed by atoms with van der Waals surface area (Å²) in [5.74, 6) is 0.656. The van der Waals surface area contributed by atoms with Crippen LogP contribution < -0.4 is 10.1 Å². The van der Waals surface area contributed by atoms with E-state index in [1.807, 2.05) is 42.2 Å². The van der Waals surface area contributed by atoms with E-state index in [1.165, 1.54) is 22.5 Å². The fourth-order valence-electron chi connectivity index (χ4n) is 4.83. The van der Waals surface area contributed by atoms with E-state index in [-0.39, 0.29) is 24.5 Å². The zero-order chi connectivity index (χ0) is 27.2. The molecule has 0 radical (unpaired) electrons. The van der Waals surface area contributed by atoms with Crippen molar-refractivity contribution < 1.29 is 14.3 Å². The van der Waals surface area contributed by atoms with Crippen LogP contribution in [0.15, 0.2) is 72.2 Å². The Balaban J connectivity index is 1.26. The van der Waals surface area contributed by atoms with Gasteiger partial charge in [0.2, 0.25) is 5.91 Å². The maximum atomic E-state index is 12.9. The van der Waals surface area contributed by atoms with Gasteiger partial charge < -0.3 is 15.0 Å². The third kappa shape index (κ3) is 6.34. The van der Waals surface area contributed by atoms with Crippen molar-refractivity contribution in [3.8, 4) is 5.75 Å². The second-order valence-electron chi connectivity index (χ2n) is 9.61. The number of ether oxygens (including phenoxy) is 1. The van der Waals surface area contributed by atoms with Crippen LogP contribution in [-0.2, 0) is 24.2 Å². The van der Waals surface area contributed by atoms with Crippen molar-refractivity contribution in [1.29, 1.82) is 0 Å². The highest BCUT2D eigenvalue weighted by molar-refractivity contribution is 7.09. The van der Waals surface area contributed by atoms with Crippen LogP contribution in [0, 0.1) is 6.92 Å². The average molecular weight is 541 g/mol. The Bertz CT molecular complexity index is 1440. The van der Waals surface area contributed by atoms with Gasteiger partial charge in [-0.15, -0.1) is 11.3 Å². The highest BCUT2D eigenvalue weighted by Gasteiger charge is 2.31. The Morgan fingerprint density at radius 2 is 1.97 bits per heavy atom. The second kappa shape index (κ2) is 12.2. The molecule has 0 saturated carbocycles. The van der Waals surface area contributed by atoms with Crippen LogP contribution in [0.2, 0.25) is 0 Å². The number of pyridine rings is 1. The predicted octanol–water partition coefficient (Wildman–Crippen LogP) is 5.28. The minimum Gasteiger partial charge on any atom is -0.486 e. The minimum absolute atomic E-state index is 0.145. The van der Waals surface area contributed by atoms with Gasteiger partial charge in [0.1, 0.15) is 23.1 Å². The number of amides is 2. The number of carbonyl (C=O) groups excluding carboxylic acids is 2. The van der Waals surface area contributed by atoms with E-state index in [2.05, 4.69) is 52.5 Å². The van der Waals surface area contributed by atoms with Crippen LogP contribution in [-0.4, -0.2) is 39.8 Å². The average Bonchev–Trinajstić information content (AvgIpc) is 3.45. The molecular weight excluding hydrogens is 508 g/mol. The standard InChI is InChI=1S/C31H32N4O3S/c1-3-29(36)35-17-14-22-11-12-25(18-26(22)30(35)23-9-7-21(2)8-10-23)38-19-28-34-27(20-39-28)31(37)33-16-13-24-6-4-5-15-32-24/h4-12,15,18,20,30H,3,13-14,16-17,19H2,1-2H3,(H,33,37)/t30-/m0/s1. The zero-order valence-electron chi connectivity index (χ0n) is 22.2. The maximum absolute atomic E-state index is 12.9. The van der Waals surface area contributed by atoms with Crippen LogP contribution in [0.5, 0.6) is 5.75 Å². The number of aromatic nitrogens is 2. The Morgan fingerprint density at radius 3 is 2.74 bits per heavy atom. The maximum Gasteiger partial charge on any atom is 0.270 e. The number of benzene rings is 2.